The first-order chi connectivity index (χ1) is 12.6. The minimum atomic E-state index is -3.71. The SMILES string of the molecule is CCc1ccc([C@H](C)NC(=O)CN(c2ccc(Cl)cc2Cl)S(C)(=O)=O)cc1. The molecule has 0 unspecified atom stereocenters. The predicted molar refractivity (Wildman–Crippen MR) is 111 cm³/mol. The van der Waals surface area contributed by atoms with Crippen molar-refractivity contribution >= 4 is 44.8 Å². The van der Waals surface area contributed by atoms with Gasteiger partial charge in [-0.05, 0) is 42.7 Å². The number of nitrogens with one attached hydrogen (secondary N) is 1. The lowest BCUT2D eigenvalue weighted by molar-refractivity contribution is -0.120. The number of nitrogens with zero attached hydrogens (tertiary/aromatic N) is 1. The van der Waals surface area contributed by atoms with E-state index in [4.69, 9.17) is 23.2 Å². The van der Waals surface area contributed by atoms with Crippen molar-refractivity contribution in [2.45, 2.75) is 26.3 Å². The number of benzene rings is 2. The number of aryl methyl sites for hydroxylation is 1. The van der Waals surface area contributed by atoms with Gasteiger partial charge in [0.05, 0.1) is 23.0 Å². The number of carbonyl (C=O) groups excluding carboxylic acids is 1. The van der Waals surface area contributed by atoms with Crippen molar-refractivity contribution in [2.75, 3.05) is 17.1 Å². The lowest BCUT2D eigenvalue weighted by atomic mass is 10.1. The third-order valence-corrected chi connectivity index (χ3v) is 5.80. The molecule has 0 spiro atoms. The first-order valence-electron chi connectivity index (χ1n) is 8.42. The number of halogens is 2. The van der Waals surface area contributed by atoms with Crippen LogP contribution in [0, 0.1) is 0 Å². The summed E-state index contributed by atoms with van der Waals surface area (Å²) >= 11 is 12.0. The Kier molecular flexibility index (Phi) is 7.14. The van der Waals surface area contributed by atoms with Gasteiger partial charge in [0.1, 0.15) is 6.54 Å². The minimum Gasteiger partial charge on any atom is -0.348 e. The summed E-state index contributed by atoms with van der Waals surface area (Å²) in [5.74, 6) is -0.432. The van der Waals surface area contributed by atoms with Crippen molar-refractivity contribution in [3.8, 4) is 0 Å². The van der Waals surface area contributed by atoms with Crippen molar-refractivity contribution in [2.24, 2.45) is 0 Å². The van der Waals surface area contributed by atoms with E-state index in [-0.39, 0.29) is 23.3 Å². The van der Waals surface area contributed by atoms with Crippen LogP contribution >= 0.6 is 23.2 Å². The normalized spacial score (nSPS) is 12.5. The van der Waals surface area contributed by atoms with Gasteiger partial charge in [-0.15, -0.1) is 0 Å². The van der Waals surface area contributed by atoms with Gasteiger partial charge in [-0.1, -0.05) is 54.4 Å². The van der Waals surface area contributed by atoms with Crippen LogP contribution in [-0.4, -0.2) is 27.1 Å². The van der Waals surface area contributed by atoms with Crippen molar-refractivity contribution in [3.05, 3.63) is 63.6 Å². The summed E-state index contributed by atoms with van der Waals surface area (Å²) < 4.78 is 25.3. The predicted octanol–water partition coefficient (Wildman–Crippen LogP) is 4.20. The van der Waals surface area contributed by atoms with Crippen LogP contribution in [0.25, 0.3) is 0 Å². The molecular formula is C19H22Cl2N2O3S. The molecule has 8 heteroatoms. The molecule has 0 saturated carbocycles. The molecule has 2 aromatic rings. The highest BCUT2D eigenvalue weighted by molar-refractivity contribution is 7.92. The number of hydrogen-bond donors (Lipinski definition) is 1. The lowest BCUT2D eigenvalue weighted by Gasteiger charge is -2.24. The standard InChI is InChI=1S/C19H22Cl2N2O3S/c1-4-14-5-7-15(8-6-14)13(2)22-19(24)12-23(27(3,25)26)18-10-9-16(20)11-17(18)21/h5-11,13H,4,12H2,1-3H3,(H,22,24)/t13-/m0/s1. The number of amides is 1. The van der Waals surface area contributed by atoms with E-state index >= 15 is 0 Å². The van der Waals surface area contributed by atoms with Gasteiger partial charge in [-0.2, -0.15) is 0 Å². The van der Waals surface area contributed by atoms with E-state index in [2.05, 4.69) is 12.2 Å². The molecule has 0 aliphatic heterocycles. The van der Waals surface area contributed by atoms with E-state index in [1.165, 1.54) is 23.8 Å². The van der Waals surface area contributed by atoms with E-state index in [1.807, 2.05) is 31.2 Å². The molecule has 0 radical (unpaired) electrons. The van der Waals surface area contributed by atoms with E-state index in [0.717, 1.165) is 22.5 Å². The minimum absolute atomic E-state index is 0.156. The smallest absolute Gasteiger partial charge is 0.241 e. The van der Waals surface area contributed by atoms with Crippen molar-refractivity contribution < 1.29 is 13.2 Å². The van der Waals surface area contributed by atoms with Gasteiger partial charge in [0, 0.05) is 5.02 Å². The Morgan fingerprint density at radius 2 is 1.78 bits per heavy atom. The molecule has 1 amide bonds. The third-order valence-electron chi connectivity index (χ3n) is 4.13. The fourth-order valence-electron chi connectivity index (χ4n) is 2.61. The maximum Gasteiger partial charge on any atom is 0.241 e. The fourth-order valence-corrected chi connectivity index (χ4v) is 4.04. The summed E-state index contributed by atoms with van der Waals surface area (Å²) in [6.45, 7) is 3.54. The van der Waals surface area contributed by atoms with Crippen LogP contribution in [0.15, 0.2) is 42.5 Å². The van der Waals surface area contributed by atoms with Crippen LogP contribution in [0.4, 0.5) is 5.69 Å². The van der Waals surface area contributed by atoms with Crippen molar-refractivity contribution in [1.82, 2.24) is 5.32 Å². The van der Waals surface area contributed by atoms with E-state index in [9.17, 15) is 13.2 Å². The van der Waals surface area contributed by atoms with E-state index in [0.29, 0.717) is 5.02 Å². The van der Waals surface area contributed by atoms with Gasteiger partial charge in [0.2, 0.25) is 15.9 Å². The van der Waals surface area contributed by atoms with Crippen LogP contribution in [0.2, 0.25) is 10.0 Å². The topological polar surface area (TPSA) is 66.5 Å². The quantitative estimate of drug-likeness (QED) is 0.718. The van der Waals surface area contributed by atoms with Crippen LogP contribution in [0.1, 0.15) is 31.0 Å². The molecule has 0 saturated heterocycles. The summed E-state index contributed by atoms with van der Waals surface area (Å²) in [5.41, 5.74) is 2.35. The summed E-state index contributed by atoms with van der Waals surface area (Å²) in [6, 6.07) is 12.1. The molecule has 0 aliphatic rings. The highest BCUT2D eigenvalue weighted by Crippen LogP contribution is 2.30. The number of sulfonamides is 1. The summed E-state index contributed by atoms with van der Waals surface area (Å²) in [4.78, 5) is 12.5. The Balaban J connectivity index is 2.16. The summed E-state index contributed by atoms with van der Waals surface area (Å²) in [5, 5.41) is 3.36. The highest BCUT2D eigenvalue weighted by Gasteiger charge is 2.24. The molecule has 27 heavy (non-hydrogen) atoms. The second kappa shape index (κ2) is 8.95. The first-order valence-corrected chi connectivity index (χ1v) is 11.0. The molecule has 1 atom stereocenters. The third kappa shape index (κ3) is 5.86. The zero-order chi connectivity index (χ0) is 20.2. The average Bonchev–Trinajstić information content (AvgIpc) is 2.59. The van der Waals surface area contributed by atoms with E-state index < -0.39 is 15.9 Å². The highest BCUT2D eigenvalue weighted by atomic mass is 35.5. The maximum absolute atomic E-state index is 12.5. The van der Waals surface area contributed by atoms with Crippen LogP contribution < -0.4 is 9.62 Å². The number of anilines is 1. The first kappa shape index (κ1) is 21.5. The molecule has 0 bridgehead atoms. The molecular weight excluding hydrogens is 407 g/mol. The Labute approximate surface area is 170 Å². The Morgan fingerprint density at radius 1 is 1.15 bits per heavy atom. The van der Waals surface area contributed by atoms with Crippen LogP contribution in [0.5, 0.6) is 0 Å². The molecule has 0 fully saturated rings. The van der Waals surface area contributed by atoms with E-state index in [1.54, 1.807) is 0 Å². The lowest BCUT2D eigenvalue weighted by Crippen LogP contribution is -2.41. The molecule has 1 N–H and O–H groups in total. The van der Waals surface area contributed by atoms with Gasteiger partial charge in [-0.25, -0.2) is 8.42 Å². The summed E-state index contributed by atoms with van der Waals surface area (Å²) in [7, 11) is -3.71. The van der Waals surface area contributed by atoms with Gasteiger partial charge < -0.3 is 5.32 Å². The maximum atomic E-state index is 12.5. The zero-order valence-corrected chi connectivity index (χ0v) is 17.7. The summed E-state index contributed by atoms with van der Waals surface area (Å²) in [6.07, 6.45) is 1.96. The molecule has 2 aromatic carbocycles. The second-order valence-electron chi connectivity index (χ2n) is 6.25. The average molecular weight is 429 g/mol. The number of rotatable bonds is 7. The largest absolute Gasteiger partial charge is 0.348 e. The van der Waals surface area contributed by atoms with Gasteiger partial charge >= 0.3 is 0 Å². The molecule has 0 aliphatic carbocycles. The number of hydrogen-bond acceptors (Lipinski definition) is 3. The van der Waals surface area contributed by atoms with Gasteiger partial charge in [0.25, 0.3) is 0 Å². The number of carbonyl (C=O) groups is 1. The fraction of sp³-hybridized carbons (Fsp3) is 0.316. The van der Waals surface area contributed by atoms with Crippen molar-refractivity contribution in [3.63, 3.8) is 0 Å². The Bertz CT molecular complexity index is 915. The van der Waals surface area contributed by atoms with Gasteiger partial charge in [0.15, 0.2) is 0 Å². The molecule has 2 rings (SSSR count). The van der Waals surface area contributed by atoms with Gasteiger partial charge in [-0.3, -0.25) is 9.10 Å². The zero-order valence-electron chi connectivity index (χ0n) is 15.4. The molecule has 0 aromatic heterocycles. The molecule has 5 nitrogen and oxygen atoms in total. The monoisotopic (exact) mass is 428 g/mol. The molecule has 146 valence electrons. The van der Waals surface area contributed by atoms with Crippen LogP contribution in [-0.2, 0) is 21.2 Å². The second-order valence-corrected chi connectivity index (χ2v) is 9.00. The van der Waals surface area contributed by atoms with Crippen LogP contribution in [0.3, 0.4) is 0 Å². The molecule has 0 heterocycles. The Hall–Kier alpha value is -1.76. The van der Waals surface area contributed by atoms with Crippen molar-refractivity contribution in [1.29, 1.82) is 0 Å². The Morgan fingerprint density at radius 3 is 2.30 bits per heavy atom.